The first-order valence-electron chi connectivity index (χ1n) is 1.15. The van der Waals surface area contributed by atoms with Crippen LogP contribution < -0.4 is 0 Å². The van der Waals surface area contributed by atoms with Crippen LogP contribution in [0.5, 0.6) is 0 Å². The van der Waals surface area contributed by atoms with Gasteiger partial charge in [-0.1, -0.05) is 6.58 Å². The van der Waals surface area contributed by atoms with Crippen molar-refractivity contribution in [3.63, 3.8) is 0 Å². The zero-order valence-electron chi connectivity index (χ0n) is 3.07. The quantitative estimate of drug-likeness (QED) is 0.364. The molecule has 0 aromatic rings. The summed E-state index contributed by atoms with van der Waals surface area (Å²) in [5.41, 5.74) is 0. The van der Waals surface area contributed by atoms with Gasteiger partial charge in [-0.25, -0.2) is 0 Å². The van der Waals surface area contributed by atoms with Crippen LogP contribution in [0.4, 0.5) is 0 Å². The maximum Gasteiger partial charge on any atom is 0.132 e. The van der Waals surface area contributed by atoms with Crippen molar-refractivity contribution < 1.29 is 21.9 Å². The maximum atomic E-state index is 9.61. The maximum absolute atomic E-state index is 9.61. The molecule has 0 heterocycles. The molecule has 0 atom stereocenters. The smallest absolute Gasteiger partial charge is 0.132 e. The van der Waals surface area contributed by atoms with Crippen LogP contribution in [0.1, 0.15) is 0 Å². The number of hydrogen-bond acceptors (Lipinski definition) is 1. The molecule has 0 aromatic carbocycles. The van der Waals surface area contributed by atoms with Gasteiger partial charge < -0.3 is 4.79 Å². The van der Waals surface area contributed by atoms with E-state index in [1.807, 2.05) is 0 Å². The molecule has 0 N–H and O–H groups in total. The molecule has 0 fully saturated rings. The predicted molar refractivity (Wildman–Crippen MR) is 21.0 cm³/mol. The molecule has 0 saturated heterocycles. The summed E-state index contributed by atoms with van der Waals surface area (Å²) in [4.78, 5) is 9.61. The Morgan fingerprint density at radius 1 is 1.83 bits per heavy atom. The molecule has 0 rings (SSSR count). The SMILES string of the molecule is C=CC(=O)[Si].[Mn]. The van der Waals surface area contributed by atoms with Gasteiger partial charge in [0.1, 0.15) is 15.6 Å². The monoisotopic (exact) mass is 138 g/mol. The first-order chi connectivity index (χ1) is 2.27. The van der Waals surface area contributed by atoms with Crippen LogP contribution in [0.2, 0.25) is 0 Å². The van der Waals surface area contributed by atoms with Gasteiger partial charge in [-0.05, 0) is 6.08 Å². The topological polar surface area (TPSA) is 17.1 Å². The minimum absolute atomic E-state index is 0. The Labute approximate surface area is 50.7 Å². The summed E-state index contributed by atoms with van der Waals surface area (Å²) >= 11 is 0. The molecule has 0 spiro atoms. The number of hydrogen-bond donors (Lipinski definition) is 0. The Morgan fingerprint density at radius 3 is 2.00 bits per heavy atom. The van der Waals surface area contributed by atoms with Gasteiger partial charge in [-0.3, -0.25) is 0 Å². The third-order valence-electron chi connectivity index (χ3n) is 0.185. The van der Waals surface area contributed by atoms with E-state index in [9.17, 15) is 4.79 Å². The third-order valence-corrected chi connectivity index (χ3v) is 0.390. The minimum Gasteiger partial charge on any atom is -0.302 e. The average molecular weight is 138 g/mol. The number of rotatable bonds is 1. The van der Waals surface area contributed by atoms with Crippen LogP contribution in [0.25, 0.3) is 0 Å². The molecule has 0 saturated carbocycles. The van der Waals surface area contributed by atoms with Gasteiger partial charge in [0, 0.05) is 17.1 Å². The van der Waals surface area contributed by atoms with Crippen molar-refractivity contribution >= 4 is 15.6 Å². The molecule has 6 heavy (non-hydrogen) atoms. The molecule has 32 valence electrons. The van der Waals surface area contributed by atoms with Crippen molar-refractivity contribution in [2.75, 3.05) is 0 Å². The number of carbonyl (C=O) groups excluding carboxylic acids is 1. The summed E-state index contributed by atoms with van der Waals surface area (Å²) in [6, 6.07) is 0. The van der Waals surface area contributed by atoms with E-state index < -0.39 is 0 Å². The Balaban J connectivity index is 0. The van der Waals surface area contributed by atoms with Crippen LogP contribution in [0, 0.1) is 0 Å². The van der Waals surface area contributed by atoms with Crippen LogP contribution in [0.15, 0.2) is 12.7 Å². The second-order valence-corrected chi connectivity index (χ2v) is 1.06. The first kappa shape index (κ1) is 9.47. The average Bonchev–Trinajstić information content (AvgIpc) is 1.38. The molecule has 0 aliphatic rings. The van der Waals surface area contributed by atoms with Gasteiger partial charge in [-0.15, -0.1) is 0 Å². The number of allylic oxidation sites excluding steroid dienone is 1. The van der Waals surface area contributed by atoms with Crippen LogP contribution >= 0.6 is 0 Å². The van der Waals surface area contributed by atoms with E-state index in [0.29, 0.717) is 0 Å². The summed E-state index contributed by atoms with van der Waals surface area (Å²) < 4.78 is 0. The van der Waals surface area contributed by atoms with E-state index >= 15 is 0 Å². The zero-order chi connectivity index (χ0) is 4.28. The molecule has 0 unspecified atom stereocenters. The van der Waals surface area contributed by atoms with E-state index in [4.69, 9.17) is 0 Å². The van der Waals surface area contributed by atoms with Crippen LogP contribution in [-0.2, 0) is 21.9 Å². The summed E-state index contributed by atoms with van der Waals surface area (Å²) in [7, 11) is 2.66. The fraction of sp³-hybridized carbons (Fsp3) is 0. The summed E-state index contributed by atoms with van der Waals surface area (Å²) in [6.45, 7) is 3.16. The molecule has 4 radical (unpaired) electrons. The van der Waals surface area contributed by atoms with Crippen molar-refractivity contribution in [3.05, 3.63) is 12.7 Å². The molecular weight excluding hydrogens is 135 g/mol. The van der Waals surface area contributed by atoms with Crippen LogP contribution in [0.3, 0.4) is 0 Å². The van der Waals surface area contributed by atoms with E-state index in [0.717, 1.165) is 0 Å². The van der Waals surface area contributed by atoms with Gasteiger partial charge in [0.2, 0.25) is 0 Å². The van der Waals surface area contributed by atoms with E-state index in [1.165, 1.54) is 6.08 Å². The normalized spacial score (nSPS) is 5.50. The minimum atomic E-state index is -0.176. The third kappa shape index (κ3) is 8.91. The van der Waals surface area contributed by atoms with E-state index in [1.54, 1.807) is 0 Å². The molecule has 0 aromatic heterocycles. The molecule has 0 aliphatic heterocycles. The Kier molecular flexibility index (Phi) is 8.12. The van der Waals surface area contributed by atoms with Crippen molar-refractivity contribution in [2.45, 2.75) is 0 Å². The summed E-state index contributed by atoms with van der Waals surface area (Å²) in [5.74, 6) is 0. The van der Waals surface area contributed by atoms with Gasteiger partial charge in [0.25, 0.3) is 0 Å². The Morgan fingerprint density at radius 2 is 2.00 bits per heavy atom. The Bertz CT molecular complexity index is 61.8. The summed E-state index contributed by atoms with van der Waals surface area (Å²) in [5, 5.41) is -0.176. The second-order valence-electron chi connectivity index (χ2n) is 0.568. The molecule has 3 heteroatoms. The van der Waals surface area contributed by atoms with Crippen molar-refractivity contribution in [3.8, 4) is 0 Å². The van der Waals surface area contributed by atoms with Crippen molar-refractivity contribution in [2.24, 2.45) is 0 Å². The van der Waals surface area contributed by atoms with Gasteiger partial charge >= 0.3 is 0 Å². The molecule has 0 amide bonds. The standard InChI is InChI=1S/C3H3OSi.Mn/c1-2-3(4)5;/h2H,1H2;. The summed E-state index contributed by atoms with van der Waals surface area (Å²) in [6.07, 6.45) is 1.19. The largest absolute Gasteiger partial charge is 0.302 e. The second kappa shape index (κ2) is 5.15. The van der Waals surface area contributed by atoms with Gasteiger partial charge in [-0.2, -0.15) is 0 Å². The van der Waals surface area contributed by atoms with E-state index in [2.05, 4.69) is 16.8 Å². The Hall–Kier alpha value is 0.146. The predicted octanol–water partition coefficient (Wildman–Crippen LogP) is -0.135. The first-order valence-corrected chi connectivity index (χ1v) is 1.65. The molecule has 0 bridgehead atoms. The molecule has 1 nitrogen and oxygen atoms in total. The fourth-order valence-electron chi connectivity index (χ4n) is 0. The number of carbonyl (C=O) groups is 1. The van der Waals surface area contributed by atoms with Gasteiger partial charge in [0.05, 0.1) is 0 Å². The molecule has 0 aliphatic carbocycles. The fourth-order valence-corrected chi connectivity index (χ4v) is 0. The van der Waals surface area contributed by atoms with E-state index in [-0.39, 0.29) is 22.5 Å². The van der Waals surface area contributed by atoms with Crippen LogP contribution in [-0.4, -0.2) is 15.6 Å². The molecular formula is C3H3MnOSi. The zero-order valence-corrected chi connectivity index (χ0v) is 5.25. The van der Waals surface area contributed by atoms with Crippen molar-refractivity contribution in [1.29, 1.82) is 0 Å². The van der Waals surface area contributed by atoms with Gasteiger partial charge in [0.15, 0.2) is 0 Å². The van der Waals surface area contributed by atoms with Crippen molar-refractivity contribution in [1.82, 2.24) is 0 Å².